The summed E-state index contributed by atoms with van der Waals surface area (Å²) < 4.78 is 5.06. The molecule has 0 rings (SSSR count). The third kappa shape index (κ3) is 3.61. The maximum atomic E-state index is 5.06. The number of aliphatic imine (C=N–C) groups is 1. The molecule has 0 aromatic rings. The lowest BCUT2D eigenvalue weighted by Crippen LogP contribution is -1.99. The Labute approximate surface area is 68.3 Å². The second kappa shape index (κ2) is 5.71. The van der Waals surface area contributed by atoms with Crippen LogP contribution in [0.3, 0.4) is 0 Å². The van der Waals surface area contributed by atoms with Crippen LogP contribution in [0.25, 0.3) is 0 Å². The molecule has 0 spiro atoms. The highest BCUT2D eigenvalue weighted by atomic mass is 16.5. The number of methoxy groups -OCH3 is 1. The molecule has 0 bridgehead atoms. The number of hydrogen-bond donors (Lipinski definition) is 0. The lowest BCUT2D eigenvalue weighted by atomic mass is 10.3. The van der Waals surface area contributed by atoms with Gasteiger partial charge in [0.25, 0.3) is 0 Å². The summed E-state index contributed by atoms with van der Waals surface area (Å²) in [5.74, 6) is 0.779. The van der Waals surface area contributed by atoms with Crippen molar-refractivity contribution in [3.05, 3.63) is 24.5 Å². The van der Waals surface area contributed by atoms with E-state index in [1.165, 1.54) is 0 Å². The highest BCUT2D eigenvalue weighted by Crippen LogP contribution is 1.99. The van der Waals surface area contributed by atoms with Crippen molar-refractivity contribution in [3.8, 4) is 0 Å². The monoisotopic (exact) mass is 153 g/mol. The summed E-state index contributed by atoms with van der Waals surface area (Å²) in [6, 6.07) is 0. The normalized spacial score (nSPS) is 13.0. The maximum Gasteiger partial charge on any atom is 0.139 e. The van der Waals surface area contributed by atoms with Crippen LogP contribution in [0.5, 0.6) is 0 Å². The van der Waals surface area contributed by atoms with Gasteiger partial charge in [-0.1, -0.05) is 12.7 Å². The van der Waals surface area contributed by atoms with Gasteiger partial charge in [0.2, 0.25) is 0 Å². The van der Waals surface area contributed by atoms with Crippen LogP contribution in [-0.2, 0) is 4.74 Å². The van der Waals surface area contributed by atoms with E-state index in [2.05, 4.69) is 11.6 Å². The summed E-state index contributed by atoms with van der Waals surface area (Å²) >= 11 is 0. The van der Waals surface area contributed by atoms with E-state index in [9.17, 15) is 0 Å². The zero-order valence-electron chi connectivity index (χ0n) is 7.42. The van der Waals surface area contributed by atoms with Gasteiger partial charge < -0.3 is 4.74 Å². The van der Waals surface area contributed by atoms with E-state index in [-0.39, 0.29) is 0 Å². The van der Waals surface area contributed by atoms with E-state index in [4.69, 9.17) is 4.74 Å². The van der Waals surface area contributed by atoms with Gasteiger partial charge in [-0.05, 0) is 19.9 Å². The molecular weight excluding hydrogens is 138 g/mol. The number of rotatable bonds is 4. The molecule has 0 aromatic carbocycles. The Morgan fingerprint density at radius 1 is 1.64 bits per heavy atom. The first-order valence-corrected chi connectivity index (χ1v) is 3.64. The van der Waals surface area contributed by atoms with Crippen molar-refractivity contribution >= 4 is 5.71 Å². The van der Waals surface area contributed by atoms with Gasteiger partial charge in [-0.25, -0.2) is 0 Å². The fraction of sp³-hybridized carbons (Fsp3) is 0.444. The van der Waals surface area contributed by atoms with Crippen molar-refractivity contribution in [2.24, 2.45) is 4.99 Å². The molecule has 0 aliphatic carbocycles. The molecule has 0 heterocycles. The first-order valence-electron chi connectivity index (χ1n) is 3.64. The molecule has 0 saturated carbocycles. The zero-order valence-corrected chi connectivity index (χ0v) is 7.42. The van der Waals surface area contributed by atoms with E-state index in [0.29, 0.717) is 0 Å². The van der Waals surface area contributed by atoms with Gasteiger partial charge in [-0.15, -0.1) is 0 Å². The fourth-order valence-electron chi connectivity index (χ4n) is 0.758. The van der Waals surface area contributed by atoms with Gasteiger partial charge in [0.15, 0.2) is 0 Å². The number of allylic oxidation sites excluding steroid dienone is 3. The van der Waals surface area contributed by atoms with Gasteiger partial charge in [0.05, 0.1) is 12.8 Å². The number of nitrogens with zero attached hydrogens (tertiary/aromatic N) is 1. The van der Waals surface area contributed by atoms with E-state index in [1.54, 1.807) is 19.3 Å². The van der Waals surface area contributed by atoms with Crippen LogP contribution in [0.4, 0.5) is 0 Å². The summed E-state index contributed by atoms with van der Waals surface area (Å²) in [5.41, 5.74) is 0.912. The third-order valence-corrected chi connectivity index (χ3v) is 1.24. The van der Waals surface area contributed by atoms with Gasteiger partial charge in [-0.3, -0.25) is 4.99 Å². The van der Waals surface area contributed by atoms with Gasteiger partial charge in [-0.2, -0.15) is 0 Å². The summed E-state index contributed by atoms with van der Waals surface area (Å²) in [6.45, 7) is 8.27. The van der Waals surface area contributed by atoms with Crippen LogP contribution in [0.15, 0.2) is 29.5 Å². The van der Waals surface area contributed by atoms with E-state index in [0.717, 1.165) is 18.0 Å². The Morgan fingerprint density at radius 3 is 2.64 bits per heavy atom. The predicted octanol–water partition coefficient (Wildman–Crippen LogP) is 2.18. The minimum Gasteiger partial charge on any atom is -0.495 e. The molecule has 0 unspecified atom stereocenters. The van der Waals surface area contributed by atoms with Gasteiger partial charge in [0.1, 0.15) is 5.76 Å². The average molecular weight is 153 g/mol. The first-order chi connectivity index (χ1) is 5.26. The van der Waals surface area contributed by atoms with Crippen LogP contribution in [0, 0.1) is 0 Å². The standard InChI is InChI=1S/C9H15NO/c1-5-7-9(11-4)8(3)10-6-2/h5,7H,1,6H2,2-4H3/b9-7+,10-8?. The molecule has 0 aliphatic heterocycles. The highest BCUT2D eigenvalue weighted by Gasteiger charge is 1.96. The number of hydrogen-bond acceptors (Lipinski definition) is 2. The lowest BCUT2D eigenvalue weighted by molar-refractivity contribution is 0.314. The molecule has 2 nitrogen and oxygen atoms in total. The third-order valence-electron chi connectivity index (χ3n) is 1.24. The summed E-state index contributed by atoms with van der Waals surface area (Å²) in [5, 5.41) is 0. The molecule has 0 aliphatic rings. The lowest BCUT2D eigenvalue weighted by Gasteiger charge is -2.03. The molecule has 0 saturated heterocycles. The van der Waals surface area contributed by atoms with Crippen molar-refractivity contribution in [3.63, 3.8) is 0 Å². The minimum absolute atomic E-state index is 0.779. The first kappa shape index (κ1) is 9.95. The Hall–Kier alpha value is -1.05. The summed E-state index contributed by atoms with van der Waals surface area (Å²) in [6.07, 6.45) is 3.49. The minimum atomic E-state index is 0.779. The van der Waals surface area contributed by atoms with Crippen LogP contribution in [0.1, 0.15) is 13.8 Å². The van der Waals surface area contributed by atoms with Crippen LogP contribution in [0.2, 0.25) is 0 Å². The zero-order chi connectivity index (χ0) is 8.69. The molecule has 0 amide bonds. The summed E-state index contributed by atoms with van der Waals surface area (Å²) in [7, 11) is 1.63. The largest absolute Gasteiger partial charge is 0.495 e. The predicted molar refractivity (Wildman–Crippen MR) is 48.9 cm³/mol. The molecule has 62 valence electrons. The molecule has 0 aromatic heterocycles. The average Bonchev–Trinajstić information content (AvgIpc) is 2.00. The quantitative estimate of drug-likeness (QED) is 0.344. The van der Waals surface area contributed by atoms with Crippen molar-refractivity contribution in [2.45, 2.75) is 13.8 Å². The Bertz CT molecular complexity index is 180. The van der Waals surface area contributed by atoms with Gasteiger partial charge in [0, 0.05) is 6.54 Å². The summed E-state index contributed by atoms with van der Waals surface area (Å²) in [4.78, 5) is 4.19. The second-order valence-corrected chi connectivity index (χ2v) is 2.03. The second-order valence-electron chi connectivity index (χ2n) is 2.03. The van der Waals surface area contributed by atoms with Crippen molar-refractivity contribution < 1.29 is 4.74 Å². The van der Waals surface area contributed by atoms with Crippen LogP contribution < -0.4 is 0 Å². The molecule has 2 heteroatoms. The van der Waals surface area contributed by atoms with E-state index < -0.39 is 0 Å². The molecule has 11 heavy (non-hydrogen) atoms. The van der Waals surface area contributed by atoms with E-state index in [1.807, 2.05) is 13.8 Å². The SMILES string of the molecule is C=C/C=C(/OC)C(C)=NCC. The molecule has 0 N–H and O–H groups in total. The topological polar surface area (TPSA) is 21.6 Å². The van der Waals surface area contributed by atoms with Gasteiger partial charge >= 0.3 is 0 Å². The van der Waals surface area contributed by atoms with Crippen LogP contribution in [-0.4, -0.2) is 19.4 Å². The fourth-order valence-corrected chi connectivity index (χ4v) is 0.758. The molecular formula is C9H15NO. The number of ether oxygens (including phenoxy) is 1. The van der Waals surface area contributed by atoms with Crippen molar-refractivity contribution in [1.82, 2.24) is 0 Å². The Morgan fingerprint density at radius 2 is 2.27 bits per heavy atom. The van der Waals surface area contributed by atoms with Crippen LogP contribution >= 0.6 is 0 Å². The van der Waals surface area contributed by atoms with E-state index >= 15 is 0 Å². The molecule has 0 fully saturated rings. The molecule has 0 atom stereocenters. The van der Waals surface area contributed by atoms with Crippen molar-refractivity contribution in [2.75, 3.05) is 13.7 Å². The van der Waals surface area contributed by atoms with Crippen molar-refractivity contribution in [1.29, 1.82) is 0 Å². The molecule has 0 radical (unpaired) electrons. The smallest absolute Gasteiger partial charge is 0.139 e. The Balaban J connectivity index is 4.37. The maximum absolute atomic E-state index is 5.06. The Kier molecular flexibility index (Phi) is 5.17. The highest BCUT2D eigenvalue weighted by molar-refractivity contribution is 5.96.